The number of hydrogen-bond donors (Lipinski definition) is 1. The van der Waals surface area contributed by atoms with Gasteiger partial charge in [0.1, 0.15) is 5.69 Å². The highest BCUT2D eigenvalue weighted by molar-refractivity contribution is 6.04. The second-order valence-electron chi connectivity index (χ2n) is 7.24. The van der Waals surface area contributed by atoms with Crippen LogP contribution in [0.4, 0.5) is 5.69 Å². The lowest BCUT2D eigenvalue weighted by Crippen LogP contribution is -2.50. The number of Topliss-reactive ketones (excluding diaryl/α,β-unsaturated/α-hetero) is 1. The minimum absolute atomic E-state index is 0.291. The van der Waals surface area contributed by atoms with Crippen molar-refractivity contribution in [2.45, 2.75) is 38.0 Å². The van der Waals surface area contributed by atoms with Gasteiger partial charge in [0.05, 0.1) is 5.41 Å². The van der Waals surface area contributed by atoms with E-state index in [-0.39, 0.29) is 5.41 Å². The van der Waals surface area contributed by atoms with Crippen LogP contribution in [0, 0.1) is 5.41 Å². The number of carbonyl (C=O) groups excluding carboxylic acids is 1. The lowest BCUT2D eigenvalue weighted by Gasteiger charge is -2.48. The zero-order valence-electron chi connectivity index (χ0n) is 13.3. The largest absolute Gasteiger partial charge is 0.383 e. The summed E-state index contributed by atoms with van der Waals surface area (Å²) in [6.45, 7) is 1.94. The van der Waals surface area contributed by atoms with Crippen LogP contribution >= 0.6 is 0 Å². The maximum absolute atomic E-state index is 13.1. The molecule has 3 heteroatoms. The van der Waals surface area contributed by atoms with Crippen LogP contribution in [0.1, 0.15) is 38.2 Å². The Labute approximate surface area is 126 Å². The molecule has 0 aliphatic heterocycles. The number of hydrogen-bond acceptors (Lipinski definition) is 2. The van der Waals surface area contributed by atoms with Crippen LogP contribution in [0.5, 0.6) is 0 Å². The normalized spacial score (nSPS) is 21.8. The van der Waals surface area contributed by atoms with E-state index >= 15 is 0 Å². The van der Waals surface area contributed by atoms with E-state index in [1.807, 2.05) is 44.3 Å². The summed E-state index contributed by atoms with van der Waals surface area (Å²) in [4.78, 5) is 15.0. The third kappa shape index (κ3) is 2.40. The summed E-state index contributed by atoms with van der Waals surface area (Å²) < 4.78 is 0. The second kappa shape index (κ2) is 4.70. The molecule has 2 aliphatic rings. The van der Waals surface area contributed by atoms with Crippen LogP contribution in [-0.2, 0) is 10.2 Å². The molecule has 3 N–H and O–H groups in total. The van der Waals surface area contributed by atoms with Crippen molar-refractivity contribution in [3.63, 3.8) is 0 Å². The fourth-order valence-corrected chi connectivity index (χ4v) is 3.95. The third-order valence-corrected chi connectivity index (χ3v) is 5.03. The second-order valence-corrected chi connectivity index (χ2v) is 7.24. The molecule has 1 spiro atoms. The standard InChI is InChI=1S/C18H24N2O/c1-13(10-20(2)3)16(21)18(11-17(12-18)7-8-17)14-5-4-6-15(19)9-14/h4-6,9-10H,7-8,11-12,19H2,1-3H3/p+1/b13-10+. The molecule has 3 rings (SSSR count). The number of ketones is 1. The number of nitrogens with zero attached hydrogens (tertiary/aromatic N) is 1. The van der Waals surface area contributed by atoms with Crippen molar-refractivity contribution in [3.8, 4) is 0 Å². The zero-order valence-corrected chi connectivity index (χ0v) is 13.3. The Morgan fingerprint density at radius 2 is 1.95 bits per heavy atom. The molecule has 0 aromatic heterocycles. The summed E-state index contributed by atoms with van der Waals surface area (Å²) in [5.74, 6) is 0.291. The fraction of sp³-hybridized carbons (Fsp3) is 0.500. The molecule has 1 aromatic rings. The van der Waals surface area contributed by atoms with Crippen molar-refractivity contribution in [2.75, 3.05) is 14.1 Å². The van der Waals surface area contributed by atoms with Crippen LogP contribution in [0.2, 0.25) is 0 Å². The molecule has 0 bridgehead atoms. The van der Waals surface area contributed by atoms with Crippen molar-refractivity contribution in [1.82, 2.24) is 4.90 Å². The first kappa shape index (κ1) is 14.3. The number of rotatable bonds is 4. The van der Waals surface area contributed by atoms with Crippen LogP contribution in [0.3, 0.4) is 0 Å². The predicted octanol–water partition coefficient (Wildman–Crippen LogP) is 2.41. The van der Waals surface area contributed by atoms with E-state index < -0.39 is 0 Å². The molecule has 3 nitrogen and oxygen atoms in total. The molecule has 21 heavy (non-hydrogen) atoms. The summed E-state index contributed by atoms with van der Waals surface area (Å²) in [5.41, 5.74) is 7.20. The van der Waals surface area contributed by atoms with Crippen molar-refractivity contribution in [2.24, 2.45) is 5.41 Å². The molecule has 0 saturated heterocycles. The van der Waals surface area contributed by atoms with Crippen molar-refractivity contribution in [3.05, 3.63) is 41.6 Å². The van der Waals surface area contributed by atoms with Gasteiger partial charge in [-0.3, -0.25) is 4.79 Å². The summed E-state index contributed by atoms with van der Waals surface area (Å²) in [7, 11) is 3.92. The number of benzene rings is 1. The Bertz CT molecular complexity index is 603. The van der Waals surface area contributed by atoms with Gasteiger partial charge in [0.25, 0.3) is 0 Å². The lowest BCUT2D eigenvalue weighted by atomic mass is 9.53. The maximum Gasteiger partial charge on any atom is 0.170 e. The van der Waals surface area contributed by atoms with Crippen molar-refractivity contribution < 1.29 is 10.5 Å². The minimum Gasteiger partial charge on any atom is -0.383 e. The van der Waals surface area contributed by atoms with E-state index in [9.17, 15) is 4.79 Å². The molecule has 2 fully saturated rings. The monoisotopic (exact) mass is 285 g/mol. The predicted molar refractivity (Wildman–Crippen MR) is 84.0 cm³/mol. The van der Waals surface area contributed by atoms with E-state index in [2.05, 4.69) is 17.9 Å². The van der Waals surface area contributed by atoms with E-state index in [0.29, 0.717) is 11.2 Å². The Balaban J connectivity index is 1.97. The number of allylic oxidation sites excluding steroid dienone is 1. The van der Waals surface area contributed by atoms with E-state index in [1.54, 1.807) is 0 Å². The average molecular weight is 285 g/mol. The van der Waals surface area contributed by atoms with Crippen LogP contribution in [0.25, 0.3) is 0 Å². The zero-order chi connectivity index (χ0) is 15.3. The van der Waals surface area contributed by atoms with Gasteiger partial charge in [-0.15, -0.1) is 0 Å². The summed E-state index contributed by atoms with van der Waals surface area (Å²) in [6.07, 6.45) is 6.56. The Morgan fingerprint density at radius 3 is 2.48 bits per heavy atom. The first-order valence-electron chi connectivity index (χ1n) is 7.69. The average Bonchev–Trinajstić information content (AvgIpc) is 3.15. The molecule has 1 aromatic carbocycles. The molecule has 0 atom stereocenters. The van der Waals surface area contributed by atoms with Gasteiger partial charge in [0.15, 0.2) is 5.78 Å². The van der Waals surface area contributed by atoms with Gasteiger partial charge < -0.3 is 10.6 Å². The summed E-state index contributed by atoms with van der Waals surface area (Å²) in [5, 5.41) is 0. The molecular formula is C18H25N2O+. The molecular weight excluding hydrogens is 260 g/mol. The van der Waals surface area contributed by atoms with Gasteiger partial charge in [0.2, 0.25) is 0 Å². The van der Waals surface area contributed by atoms with Crippen LogP contribution < -0.4 is 5.73 Å². The maximum atomic E-state index is 13.1. The fourth-order valence-electron chi connectivity index (χ4n) is 3.95. The summed E-state index contributed by atoms with van der Waals surface area (Å²) >= 11 is 0. The molecule has 0 radical (unpaired) electrons. The lowest BCUT2D eigenvalue weighted by molar-refractivity contribution is -0.254. The quantitative estimate of drug-likeness (QED) is 0.864. The van der Waals surface area contributed by atoms with Crippen LogP contribution in [0.15, 0.2) is 36.0 Å². The van der Waals surface area contributed by atoms with Crippen LogP contribution in [-0.4, -0.2) is 24.8 Å². The first-order chi connectivity index (χ1) is 9.87. The highest BCUT2D eigenvalue weighted by Crippen LogP contribution is 2.69. The van der Waals surface area contributed by atoms with Gasteiger partial charge in [-0.25, -0.2) is 0 Å². The van der Waals surface area contributed by atoms with E-state index in [4.69, 9.17) is 0 Å². The topological polar surface area (TPSA) is 48.0 Å². The van der Waals surface area contributed by atoms with Gasteiger partial charge in [0, 0.05) is 31.9 Å². The van der Waals surface area contributed by atoms with Gasteiger partial charge in [-0.2, -0.15) is 0 Å². The van der Waals surface area contributed by atoms with Crippen molar-refractivity contribution >= 4 is 11.5 Å². The van der Waals surface area contributed by atoms with Gasteiger partial charge >= 0.3 is 0 Å². The van der Waals surface area contributed by atoms with E-state index in [1.165, 1.54) is 12.8 Å². The molecule has 2 saturated carbocycles. The van der Waals surface area contributed by atoms with Gasteiger partial charge in [-0.05, 0) is 49.7 Å². The highest BCUT2D eigenvalue weighted by Gasteiger charge is 2.64. The van der Waals surface area contributed by atoms with E-state index in [0.717, 1.165) is 29.7 Å². The number of quaternary nitrogens is 1. The Morgan fingerprint density at radius 1 is 1.29 bits per heavy atom. The molecule has 0 heterocycles. The third-order valence-electron chi connectivity index (χ3n) is 5.03. The first-order valence-corrected chi connectivity index (χ1v) is 7.69. The van der Waals surface area contributed by atoms with Crippen molar-refractivity contribution in [1.29, 1.82) is 0 Å². The van der Waals surface area contributed by atoms with Gasteiger partial charge in [-0.1, -0.05) is 12.1 Å². The summed E-state index contributed by atoms with van der Waals surface area (Å²) in [6, 6.07) is 8.21. The Hall–Kier alpha value is -1.61. The Kier molecular flexibility index (Phi) is 3.21. The smallest absolute Gasteiger partial charge is 0.170 e. The molecule has 2 aliphatic carbocycles. The molecule has 112 valence electrons. The highest BCUT2D eigenvalue weighted by atomic mass is 16.1. The molecule has 0 unspecified atom stereocenters. The minimum atomic E-state index is -0.305. The number of carbonyl (C=O) groups is 1. The molecule has 0 amide bonds. The SMILES string of the molecule is C/C(=C\N(C)C)C(=O)C1(c2cccc([NH3+])c2)CC2(CC2)C1.